The number of halogens is 3. The fraction of sp³-hybridized carbons (Fsp3) is 0.232. The Bertz CT molecular complexity index is 2860. The SMILES string of the molecule is CC(C)N(c1ccc(N(c2ccc(N(C(C)C)C(C)C)cc2)c2ccnc(/C([NH-])=C/C(=N)C(F)(F)F)c2)cc1)C(C)C.O=CO/C=C/c1ccnc(-c2cc(OC=O)cc(-c3cc(/C=C/OC=O)ccn3)n2)c1.[N-]=C=S.[Ru+2]. The van der Waals surface area contributed by atoms with Crippen LogP contribution in [-0.2, 0) is 43.3 Å². The molecule has 16 nitrogen and oxygen atoms in total. The van der Waals surface area contributed by atoms with Crippen molar-refractivity contribution in [3.8, 4) is 28.5 Å². The third-order valence-corrected chi connectivity index (χ3v) is 10.8. The molecule has 0 saturated carbocycles. The monoisotopic (exact) mass is 1160 g/mol. The summed E-state index contributed by atoms with van der Waals surface area (Å²) in [4.78, 5) is 55.4. The number of nitrogens with one attached hydrogen (secondary N) is 2. The number of carbonyl (C=O) groups is 3. The molecule has 0 aliphatic carbocycles. The molecule has 0 aliphatic rings. The van der Waals surface area contributed by atoms with Gasteiger partial charge >= 0.3 is 25.7 Å². The maximum atomic E-state index is 13.0. The minimum absolute atomic E-state index is 0. The average molecular weight is 1160 g/mol. The smallest absolute Gasteiger partial charge is 0.753 e. The number of carbonyl (C=O) groups excluding carboxylic acids is 3. The van der Waals surface area contributed by atoms with Gasteiger partial charge in [-0.2, -0.15) is 18.3 Å². The van der Waals surface area contributed by atoms with E-state index in [-0.39, 0.29) is 30.9 Å². The molecule has 0 aliphatic heterocycles. The topological polar surface area (TPSA) is 210 Å². The fourth-order valence-electron chi connectivity index (χ4n) is 7.96. The first-order valence-electron chi connectivity index (χ1n) is 23.5. The second-order valence-electron chi connectivity index (χ2n) is 17.3. The Balaban J connectivity index is 0.000000395. The number of isothiocyanates is 1. The second-order valence-corrected chi connectivity index (χ2v) is 17.5. The van der Waals surface area contributed by atoms with Gasteiger partial charge < -0.3 is 40.1 Å². The summed E-state index contributed by atoms with van der Waals surface area (Å²) in [6.45, 7) is 18.2. The molecule has 0 unspecified atom stereocenters. The van der Waals surface area contributed by atoms with E-state index in [9.17, 15) is 27.6 Å². The number of anilines is 5. The molecule has 2 aromatic carbocycles. The number of hydrogen-bond acceptors (Lipinski definition) is 15. The summed E-state index contributed by atoms with van der Waals surface area (Å²) in [7, 11) is 0. The summed E-state index contributed by atoms with van der Waals surface area (Å²) in [5, 5.41) is 15.8. The van der Waals surface area contributed by atoms with E-state index in [1.807, 2.05) is 29.2 Å². The molecule has 0 amide bonds. The predicted octanol–water partition coefficient (Wildman–Crippen LogP) is 13.5. The zero-order chi connectivity index (χ0) is 56.0. The quantitative estimate of drug-likeness (QED) is 0.0234. The number of allylic oxidation sites excluding steroid dienone is 1. The Hall–Kier alpha value is -8.25. The van der Waals surface area contributed by atoms with Crippen molar-refractivity contribution >= 4 is 88.8 Å². The molecular formula is C56H57F3N10O6RuS. The van der Waals surface area contributed by atoms with Crippen molar-refractivity contribution in [2.45, 2.75) is 85.7 Å². The second kappa shape index (κ2) is 31.0. The largest absolute Gasteiger partial charge is 2.00 e. The number of hydrogen-bond donors (Lipinski definition) is 1. The normalized spacial score (nSPS) is 11.2. The molecular weight excluding hydrogens is 1100 g/mol. The molecule has 21 heteroatoms. The van der Waals surface area contributed by atoms with Crippen molar-refractivity contribution in [1.29, 1.82) is 5.41 Å². The summed E-state index contributed by atoms with van der Waals surface area (Å²) < 4.78 is 53.0. The van der Waals surface area contributed by atoms with Crippen LogP contribution in [0.5, 0.6) is 5.75 Å². The van der Waals surface area contributed by atoms with Gasteiger partial charge in [0.1, 0.15) is 11.5 Å². The minimum Gasteiger partial charge on any atom is -0.753 e. The number of benzene rings is 2. The third-order valence-electron chi connectivity index (χ3n) is 10.8. The molecule has 77 heavy (non-hydrogen) atoms. The van der Waals surface area contributed by atoms with Crippen LogP contribution in [0.2, 0.25) is 0 Å². The number of rotatable bonds is 21. The van der Waals surface area contributed by atoms with Gasteiger partial charge in [-0.1, -0.05) is 12.2 Å². The van der Waals surface area contributed by atoms with E-state index in [4.69, 9.17) is 21.3 Å². The van der Waals surface area contributed by atoms with E-state index in [1.54, 1.807) is 73.1 Å². The Morgan fingerprint density at radius 3 is 1.40 bits per heavy atom. The number of alkyl halides is 3. The number of ether oxygens (including phenoxy) is 3. The summed E-state index contributed by atoms with van der Waals surface area (Å²) in [5.41, 5.74) is 14.0. The minimum atomic E-state index is -4.83. The summed E-state index contributed by atoms with van der Waals surface area (Å²) in [5.74, 6) is 0.258. The molecule has 6 aromatic rings. The number of pyridine rings is 4. The predicted molar refractivity (Wildman–Crippen MR) is 296 cm³/mol. The third kappa shape index (κ3) is 18.8. The van der Waals surface area contributed by atoms with Crippen LogP contribution in [0.1, 0.15) is 72.2 Å². The van der Waals surface area contributed by atoms with Gasteiger partial charge in [-0.25, -0.2) is 4.98 Å². The fourth-order valence-corrected chi connectivity index (χ4v) is 7.96. The van der Waals surface area contributed by atoms with Crippen molar-refractivity contribution in [3.05, 3.63) is 162 Å². The van der Waals surface area contributed by atoms with E-state index in [0.717, 1.165) is 33.9 Å². The van der Waals surface area contributed by atoms with Gasteiger partial charge in [0, 0.05) is 89.0 Å². The molecule has 2 N–H and O–H groups in total. The van der Waals surface area contributed by atoms with Gasteiger partial charge in [0.2, 0.25) is 0 Å². The molecule has 4 heterocycles. The van der Waals surface area contributed by atoms with E-state index < -0.39 is 17.6 Å². The van der Waals surface area contributed by atoms with Crippen LogP contribution in [-0.4, -0.2) is 80.6 Å². The first-order chi connectivity index (χ1) is 36.3. The summed E-state index contributed by atoms with van der Waals surface area (Å²) in [6, 6.07) is 31.0. The maximum absolute atomic E-state index is 13.0. The van der Waals surface area contributed by atoms with E-state index in [2.05, 4.69) is 131 Å². The zero-order valence-electron chi connectivity index (χ0n) is 43.3. The molecule has 0 radical (unpaired) electrons. The van der Waals surface area contributed by atoms with Crippen LogP contribution in [0, 0.1) is 5.41 Å². The summed E-state index contributed by atoms with van der Waals surface area (Å²) in [6.07, 6.45) is 5.93. The van der Waals surface area contributed by atoms with Gasteiger partial charge in [-0.05, 0) is 170 Å². The van der Waals surface area contributed by atoms with Gasteiger partial charge in [0.15, 0.2) is 0 Å². The first-order valence-corrected chi connectivity index (χ1v) is 23.9. The standard InChI is InChI=1S/C33H42F3N6.C22H15N3O6.CNS.Ru/c1-21(2)40(22(3)4)25-9-13-27(14-10-25)42(28-15-11-26(12-16-28)41(23(5)6)24(7)8)29-17-18-39-31(19-29)30(37)20-32(38)33(34,35)36;26-13-29-7-3-16-1-5-23-19(9-16)21-11-18(31-15-28)12-22(25-21)20-10-17(2-6-24-20)4-8-30-14-27;2-1-3;/h9-24,37-38H,1-8H3;1-15H;;/q-1;;-1;+2/b30-20-,38-32?;7-3+,8-4+;;. The molecule has 6 rings (SSSR count). The molecule has 0 atom stereocenters. The molecule has 0 fully saturated rings. The zero-order valence-corrected chi connectivity index (χ0v) is 45.9. The van der Waals surface area contributed by atoms with Crippen LogP contribution >= 0.6 is 12.2 Å². The van der Waals surface area contributed by atoms with E-state index in [1.165, 1.54) is 23.9 Å². The molecule has 4 aromatic heterocycles. The molecule has 402 valence electrons. The maximum Gasteiger partial charge on any atom is 2.00 e. The van der Waals surface area contributed by atoms with Gasteiger partial charge in [0.05, 0.1) is 35.3 Å². The van der Waals surface area contributed by atoms with Crippen molar-refractivity contribution in [2.24, 2.45) is 0 Å². The Kier molecular flexibility index (Phi) is 25.3. The van der Waals surface area contributed by atoms with Crippen LogP contribution in [0.25, 0.3) is 51.8 Å². The number of thiocarbonyl (C=S) groups is 1. The Labute approximate surface area is 464 Å². The van der Waals surface area contributed by atoms with Crippen molar-refractivity contribution in [3.63, 3.8) is 0 Å². The Morgan fingerprint density at radius 2 is 1.03 bits per heavy atom. The van der Waals surface area contributed by atoms with Crippen LogP contribution in [0.3, 0.4) is 0 Å². The van der Waals surface area contributed by atoms with Crippen LogP contribution in [0.15, 0.2) is 134 Å². The molecule has 0 saturated heterocycles. The van der Waals surface area contributed by atoms with Crippen molar-refractivity contribution in [1.82, 2.24) is 19.9 Å². The van der Waals surface area contributed by atoms with Crippen LogP contribution in [0.4, 0.5) is 41.6 Å². The Morgan fingerprint density at radius 1 is 0.623 bits per heavy atom. The van der Waals surface area contributed by atoms with Gasteiger partial charge in [-0.3, -0.25) is 34.7 Å². The van der Waals surface area contributed by atoms with Crippen molar-refractivity contribution in [2.75, 3.05) is 14.7 Å². The van der Waals surface area contributed by atoms with Crippen molar-refractivity contribution < 1.29 is 61.2 Å². The molecule has 0 bridgehead atoms. The van der Waals surface area contributed by atoms with E-state index >= 15 is 0 Å². The first kappa shape index (κ1) is 63.0. The molecule has 0 spiro atoms. The van der Waals surface area contributed by atoms with Crippen LogP contribution < -0.4 is 19.4 Å². The number of nitrogens with zero attached hydrogens (tertiary/aromatic N) is 8. The van der Waals surface area contributed by atoms with Gasteiger partial charge in [-0.15, -0.1) is 5.70 Å². The number of aromatic nitrogens is 4. The van der Waals surface area contributed by atoms with Gasteiger partial charge in [0.25, 0.3) is 19.4 Å². The summed E-state index contributed by atoms with van der Waals surface area (Å²) >= 11 is 3.70. The average Bonchev–Trinajstić information content (AvgIpc) is 3.37. The van der Waals surface area contributed by atoms with E-state index in [0.29, 0.717) is 78.1 Å².